The summed E-state index contributed by atoms with van der Waals surface area (Å²) in [5.74, 6) is 0. The van der Waals surface area contributed by atoms with E-state index in [0.717, 1.165) is 0 Å². The molecule has 0 bridgehead atoms. The van der Waals surface area contributed by atoms with Crippen LogP contribution in [0.2, 0.25) is 0 Å². The fraction of sp³-hybridized carbons (Fsp3) is 0.600. The molecular weight excluding hydrogens is 122 g/mol. The number of nitro groups is 1. The predicted molar refractivity (Wildman–Crippen MR) is 32.5 cm³/mol. The standard InChI is InChI=1S/C5H9NO3/c1-2-3-5(4-7)6(8)9/h3,7H,2,4H2,1H3. The molecular formula is C5H9NO3. The van der Waals surface area contributed by atoms with Gasteiger partial charge in [-0.2, -0.15) is 0 Å². The van der Waals surface area contributed by atoms with E-state index in [2.05, 4.69) is 0 Å². The molecule has 0 saturated carbocycles. The Morgan fingerprint density at radius 1 is 1.89 bits per heavy atom. The zero-order valence-electron chi connectivity index (χ0n) is 5.20. The molecule has 4 nitrogen and oxygen atoms in total. The van der Waals surface area contributed by atoms with E-state index < -0.39 is 11.5 Å². The first-order valence-corrected chi connectivity index (χ1v) is 2.66. The molecule has 0 aliphatic rings. The first kappa shape index (κ1) is 8.10. The van der Waals surface area contributed by atoms with Crippen molar-refractivity contribution >= 4 is 0 Å². The Morgan fingerprint density at radius 3 is 2.56 bits per heavy atom. The summed E-state index contributed by atoms with van der Waals surface area (Å²) in [5.41, 5.74) is -0.127. The minimum absolute atomic E-state index is 0.127. The van der Waals surface area contributed by atoms with Crippen LogP contribution in [-0.2, 0) is 0 Å². The monoisotopic (exact) mass is 131 g/mol. The average Bonchev–Trinajstić information content (AvgIpc) is 1.82. The van der Waals surface area contributed by atoms with Crippen LogP contribution < -0.4 is 0 Å². The number of allylic oxidation sites excluding steroid dienone is 1. The second kappa shape index (κ2) is 4.03. The highest BCUT2D eigenvalue weighted by Crippen LogP contribution is 1.94. The molecule has 0 amide bonds. The Labute approximate surface area is 53.0 Å². The maximum Gasteiger partial charge on any atom is 0.267 e. The largest absolute Gasteiger partial charge is 0.385 e. The lowest BCUT2D eigenvalue weighted by Gasteiger charge is -1.89. The summed E-state index contributed by atoms with van der Waals surface area (Å²) in [6, 6.07) is 0. The predicted octanol–water partition coefficient (Wildman–Crippen LogP) is 0.549. The smallest absolute Gasteiger partial charge is 0.267 e. The third-order valence-corrected chi connectivity index (χ3v) is 0.836. The van der Waals surface area contributed by atoms with Crippen molar-refractivity contribution in [3.8, 4) is 0 Å². The molecule has 1 N–H and O–H groups in total. The van der Waals surface area contributed by atoms with Gasteiger partial charge in [-0.15, -0.1) is 0 Å². The molecule has 0 aromatic rings. The maximum absolute atomic E-state index is 9.90. The second-order valence-electron chi connectivity index (χ2n) is 1.52. The quantitative estimate of drug-likeness (QED) is 0.449. The molecule has 9 heavy (non-hydrogen) atoms. The van der Waals surface area contributed by atoms with Crippen molar-refractivity contribution in [1.29, 1.82) is 0 Å². The Kier molecular flexibility index (Phi) is 3.62. The van der Waals surface area contributed by atoms with Gasteiger partial charge in [-0.25, -0.2) is 0 Å². The van der Waals surface area contributed by atoms with E-state index in [1.165, 1.54) is 6.08 Å². The number of aliphatic hydroxyl groups is 1. The molecule has 52 valence electrons. The summed E-state index contributed by atoms with van der Waals surface area (Å²) in [6.45, 7) is 1.29. The average molecular weight is 131 g/mol. The SMILES string of the molecule is CCC=C(CO)[N+](=O)[O-]. The second-order valence-corrected chi connectivity index (χ2v) is 1.52. The van der Waals surface area contributed by atoms with Gasteiger partial charge in [0.25, 0.3) is 5.70 Å². The number of hydrogen-bond donors (Lipinski definition) is 1. The van der Waals surface area contributed by atoms with E-state index in [4.69, 9.17) is 5.11 Å². The summed E-state index contributed by atoms with van der Waals surface area (Å²) in [4.78, 5) is 9.32. The normalized spacial score (nSPS) is 11.6. The van der Waals surface area contributed by atoms with Gasteiger partial charge < -0.3 is 5.11 Å². The van der Waals surface area contributed by atoms with Crippen LogP contribution in [0.1, 0.15) is 13.3 Å². The van der Waals surface area contributed by atoms with Gasteiger partial charge in [0.2, 0.25) is 0 Å². The summed E-state index contributed by atoms with van der Waals surface area (Å²) in [5, 5.41) is 18.2. The molecule has 4 heteroatoms. The first-order valence-electron chi connectivity index (χ1n) is 2.66. The van der Waals surface area contributed by atoms with Gasteiger partial charge in [-0.1, -0.05) is 6.92 Å². The molecule has 0 atom stereocenters. The van der Waals surface area contributed by atoms with Crippen LogP contribution in [0.15, 0.2) is 11.8 Å². The Balaban J connectivity index is 3.98. The Bertz CT molecular complexity index is 130. The van der Waals surface area contributed by atoms with Gasteiger partial charge in [0.1, 0.15) is 6.61 Å². The zero-order chi connectivity index (χ0) is 7.28. The molecule has 0 aromatic carbocycles. The first-order chi connectivity index (χ1) is 4.22. The van der Waals surface area contributed by atoms with Crippen LogP contribution in [0.5, 0.6) is 0 Å². The third kappa shape index (κ3) is 2.81. The molecule has 0 fully saturated rings. The van der Waals surface area contributed by atoms with E-state index in [0.29, 0.717) is 6.42 Å². The fourth-order valence-electron chi connectivity index (χ4n) is 0.432. The lowest BCUT2D eigenvalue weighted by Crippen LogP contribution is -2.02. The van der Waals surface area contributed by atoms with Crippen molar-refractivity contribution in [1.82, 2.24) is 0 Å². The van der Waals surface area contributed by atoms with Crippen molar-refractivity contribution in [2.45, 2.75) is 13.3 Å². The molecule has 0 saturated heterocycles. The van der Waals surface area contributed by atoms with Crippen LogP contribution in [-0.4, -0.2) is 16.6 Å². The van der Waals surface area contributed by atoms with E-state index in [9.17, 15) is 10.1 Å². The van der Waals surface area contributed by atoms with Gasteiger partial charge in [0.15, 0.2) is 0 Å². The lowest BCUT2D eigenvalue weighted by atomic mass is 10.3. The van der Waals surface area contributed by atoms with E-state index in [-0.39, 0.29) is 5.70 Å². The van der Waals surface area contributed by atoms with Crippen LogP contribution >= 0.6 is 0 Å². The number of hydrogen-bond acceptors (Lipinski definition) is 3. The van der Waals surface area contributed by atoms with Crippen molar-refractivity contribution in [2.24, 2.45) is 0 Å². The summed E-state index contributed by atoms with van der Waals surface area (Å²) >= 11 is 0. The maximum atomic E-state index is 9.90. The van der Waals surface area contributed by atoms with Gasteiger partial charge >= 0.3 is 0 Å². The van der Waals surface area contributed by atoms with Gasteiger partial charge in [0.05, 0.1) is 4.92 Å². The molecule has 0 aromatic heterocycles. The highest BCUT2D eigenvalue weighted by atomic mass is 16.6. The Hall–Kier alpha value is -0.900. The van der Waals surface area contributed by atoms with E-state index >= 15 is 0 Å². The zero-order valence-corrected chi connectivity index (χ0v) is 5.20. The third-order valence-electron chi connectivity index (χ3n) is 0.836. The lowest BCUT2D eigenvalue weighted by molar-refractivity contribution is -0.430. The molecule has 0 unspecified atom stereocenters. The van der Waals surface area contributed by atoms with Gasteiger partial charge in [-0.05, 0) is 12.5 Å². The Morgan fingerprint density at radius 2 is 2.44 bits per heavy atom. The van der Waals surface area contributed by atoms with Gasteiger partial charge in [0, 0.05) is 0 Å². The van der Waals surface area contributed by atoms with E-state index in [1.807, 2.05) is 0 Å². The molecule has 0 rings (SSSR count). The highest BCUT2D eigenvalue weighted by Gasteiger charge is 2.04. The number of aliphatic hydroxyl groups excluding tert-OH is 1. The van der Waals surface area contributed by atoms with Crippen molar-refractivity contribution < 1.29 is 10.0 Å². The van der Waals surface area contributed by atoms with Crippen LogP contribution in [0, 0.1) is 10.1 Å². The van der Waals surface area contributed by atoms with Crippen molar-refractivity contribution in [3.05, 3.63) is 21.9 Å². The fourth-order valence-corrected chi connectivity index (χ4v) is 0.432. The highest BCUT2D eigenvalue weighted by molar-refractivity contribution is 4.89. The molecule has 0 spiro atoms. The van der Waals surface area contributed by atoms with Gasteiger partial charge in [-0.3, -0.25) is 10.1 Å². The van der Waals surface area contributed by atoms with Crippen LogP contribution in [0.25, 0.3) is 0 Å². The summed E-state index contributed by atoms with van der Waals surface area (Å²) < 4.78 is 0. The van der Waals surface area contributed by atoms with Crippen molar-refractivity contribution in [3.63, 3.8) is 0 Å². The topological polar surface area (TPSA) is 63.4 Å². The molecule has 0 aliphatic heterocycles. The van der Waals surface area contributed by atoms with E-state index in [1.54, 1.807) is 6.92 Å². The molecule has 0 aliphatic carbocycles. The number of nitrogens with zero attached hydrogens (tertiary/aromatic N) is 1. The summed E-state index contributed by atoms with van der Waals surface area (Å²) in [7, 11) is 0. The molecule has 0 heterocycles. The van der Waals surface area contributed by atoms with Crippen molar-refractivity contribution in [2.75, 3.05) is 6.61 Å². The molecule has 0 radical (unpaired) electrons. The minimum Gasteiger partial charge on any atom is -0.385 e. The summed E-state index contributed by atoms with van der Waals surface area (Å²) in [6.07, 6.45) is 1.97. The van der Waals surface area contributed by atoms with Crippen LogP contribution in [0.3, 0.4) is 0 Å². The number of rotatable bonds is 3. The minimum atomic E-state index is -0.580. The van der Waals surface area contributed by atoms with Crippen LogP contribution in [0.4, 0.5) is 0 Å².